The van der Waals surface area contributed by atoms with Crippen molar-refractivity contribution in [3.8, 4) is 0 Å². The van der Waals surface area contributed by atoms with E-state index in [1.54, 1.807) is 0 Å². The van der Waals surface area contributed by atoms with Crippen LogP contribution in [0, 0.1) is 55.4 Å². The van der Waals surface area contributed by atoms with E-state index in [0.29, 0.717) is 0 Å². The van der Waals surface area contributed by atoms with Crippen molar-refractivity contribution in [1.82, 2.24) is 5.32 Å². The molecule has 1 nitrogen and oxygen atoms in total. The summed E-state index contributed by atoms with van der Waals surface area (Å²) in [6.07, 6.45) is 0. The van der Waals surface area contributed by atoms with Gasteiger partial charge < -0.3 is 0 Å². The van der Waals surface area contributed by atoms with Gasteiger partial charge in [-0.15, -0.1) is 0 Å². The first kappa shape index (κ1) is 21.9. The fourth-order valence-electron chi connectivity index (χ4n) is 6.51. The van der Waals surface area contributed by atoms with Crippen LogP contribution < -0.4 is 5.32 Å². The minimum absolute atomic E-state index is 0.161. The van der Waals surface area contributed by atoms with E-state index in [-0.39, 0.29) is 12.1 Å². The van der Waals surface area contributed by atoms with Gasteiger partial charge in [0.1, 0.15) is 0 Å². The molecule has 0 fully saturated rings. The van der Waals surface area contributed by atoms with Crippen LogP contribution in [0.25, 0.3) is 10.8 Å². The molecule has 4 aromatic rings. The molecule has 0 spiro atoms. The van der Waals surface area contributed by atoms with Gasteiger partial charge in [0.25, 0.3) is 0 Å². The maximum Gasteiger partial charge on any atom is 0.0598 e. The summed E-state index contributed by atoms with van der Waals surface area (Å²) in [7, 11) is 0. The molecule has 1 heteroatoms. The molecule has 0 bridgehead atoms. The van der Waals surface area contributed by atoms with Crippen LogP contribution in [0.2, 0.25) is 0 Å². The maximum atomic E-state index is 4.19. The second-order valence-corrected chi connectivity index (χ2v) is 10.3. The van der Waals surface area contributed by atoms with Crippen LogP contribution in [0.1, 0.15) is 78.8 Å². The molecule has 1 aliphatic heterocycles. The monoisotopic (exact) mass is 433 g/mol. The third kappa shape index (κ3) is 3.42. The third-order valence-corrected chi connectivity index (χ3v) is 7.67. The van der Waals surface area contributed by atoms with E-state index in [9.17, 15) is 0 Å². The summed E-state index contributed by atoms with van der Waals surface area (Å²) in [5.41, 5.74) is 16.6. The van der Waals surface area contributed by atoms with E-state index in [1.807, 2.05) is 0 Å². The number of hydrogen-bond acceptors (Lipinski definition) is 1. The first-order chi connectivity index (χ1) is 15.7. The van der Waals surface area contributed by atoms with Gasteiger partial charge in [0.05, 0.1) is 12.1 Å². The van der Waals surface area contributed by atoms with Crippen LogP contribution in [0.4, 0.5) is 0 Å². The summed E-state index contributed by atoms with van der Waals surface area (Å²) < 4.78 is 0. The highest BCUT2D eigenvalue weighted by Crippen LogP contribution is 2.47. The first-order valence-corrected chi connectivity index (χ1v) is 12.1. The molecule has 0 radical (unpaired) electrons. The lowest BCUT2D eigenvalue weighted by atomic mass is 9.76. The predicted molar refractivity (Wildman–Crippen MR) is 142 cm³/mol. The lowest BCUT2D eigenvalue weighted by molar-refractivity contribution is 0.521. The van der Waals surface area contributed by atoms with Gasteiger partial charge in [-0.25, -0.2) is 0 Å². The Morgan fingerprint density at radius 1 is 0.455 bits per heavy atom. The summed E-state index contributed by atoms with van der Waals surface area (Å²) in [5, 5.41) is 6.98. The van der Waals surface area contributed by atoms with Crippen molar-refractivity contribution < 1.29 is 0 Å². The number of nitrogens with one attached hydrogen (secondary N) is 1. The Labute approximate surface area is 198 Å². The summed E-state index contributed by atoms with van der Waals surface area (Å²) in [6.45, 7) is 18.0. The van der Waals surface area contributed by atoms with Crippen molar-refractivity contribution in [2.24, 2.45) is 0 Å². The van der Waals surface area contributed by atoms with E-state index >= 15 is 0 Å². The molecule has 168 valence electrons. The lowest BCUT2D eigenvalue weighted by Crippen LogP contribution is -2.35. The third-order valence-electron chi connectivity index (χ3n) is 7.67. The minimum atomic E-state index is 0.161. The molecule has 4 aromatic carbocycles. The lowest BCUT2D eigenvalue weighted by Gasteiger charge is -2.38. The molecule has 5 rings (SSSR count). The largest absolute Gasteiger partial charge is 0.295 e. The highest BCUT2D eigenvalue weighted by molar-refractivity contribution is 5.93. The van der Waals surface area contributed by atoms with Gasteiger partial charge in [0, 0.05) is 0 Å². The molecular weight excluding hydrogens is 398 g/mol. The minimum Gasteiger partial charge on any atom is -0.295 e. The van der Waals surface area contributed by atoms with Crippen molar-refractivity contribution in [3.05, 3.63) is 115 Å². The summed E-state index contributed by atoms with van der Waals surface area (Å²) in [6, 6.07) is 18.9. The molecule has 1 aliphatic rings. The number of aryl methyl sites for hydroxylation is 8. The predicted octanol–water partition coefficient (Wildman–Crippen LogP) is 8.09. The fourth-order valence-corrected chi connectivity index (χ4v) is 6.51. The summed E-state index contributed by atoms with van der Waals surface area (Å²) in [4.78, 5) is 0. The van der Waals surface area contributed by atoms with E-state index in [1.165, 1.54) is 77.5 Å². The van der Waals surface area contributed by atoms with Gasteiger partial charge in [0.15, 0.2) is 0 Å². The molecule has 1 N–H and O–H groups in total. The van der Waals surface area contributed by atoms with Crippen LogP contribution in [0.3, 0.4) is 0 Å². The Hall–Kier alpha value is -2.90. The Morgan fingerprint density at radius 2 is 0.818 bits per heavy atom. The molecule has 33 heavy (non-hydrogen) atoms. The van der Waals surface area contributed by atoms with Crippen molar-refractivity contribution in [3.63, 3.8) is 0 Å². The van der Waals surface area contributed by atoms with E-state index in [4.69, 9.17) is 0 Å². The van der Waals surface area contributed by atoms with Crippen LogP contribution >= 0.6 is 0 Å². The Morgan fingerprint density at radius 3 is 1.18 bits per heavy atom. The molecular formula is C32H35N. The molecule has 2 atom stereocenters. The normalized spacial score (nSPS) is 17.6. The van der Waals surface area contributed by atoms with Gasteiger partial charge in [0.2, 0.25) is 0 Å². The number of rotatable bonds is 2. The Balaban J connectivity index is 1.90. The second-order valence-electron chi connectivity index (χ2n) is 10.3. The highest BCUT2D eigenvalue weighted by atomic mass is 15.0. The quantitative estimate of drug-likeness (QED) is 0.337. The van der Waals surface area contributed by atoms with Crippen molar-refractivity contribution in [2.45, 2.75) is 67.5 Å². The van der Waals surface area contributed by atoms with Gasteiger partial charge in [-0.1, -0.05) is 59.7 Å². The zero-order valence-corrected chi connectivity index (χ0v) is 21.3. The standard InChI is InChI=1S/C32H35N/c1-17-13-21(5)26(22(6)14-17)31-28-19(3)9-11-25-12-10-20(4)29(30(25)28)32(33-31)27-23(7)15-18(2)16-24(27)8/h9-16,31-33H,1-8H3/t31-,32-/m0/s1. The Kier molecular flexibility index (Phi) is 5.21. The van der Waals surface area contributed by atoms with Crippen LogP contribution in [0.15, 0.2) is 48.5 Å². The molecule has 1 heterocycles. The smallest absolute Gasteiger partial charge is 0.0598 e. The molecule has 0 saturated carbocycles. The van der Waals surface area contributed by atoms with Crippen LogP contribution in [0.5, 0.6) is 0 Å². The van der Waals surface area contributed by atoms with E-state index in [2.05, 4.69) is 109 Å². The van der Waals surface area contributed by atoms with Crippen molar-refractivity contribution in [1.29, 1.82) is 0 Å². The average molecular weight is 434 g/mol. The molecule has 0 aliphatic carbocycles. The van der Waals surface area contributed by atoms with Gasteiger partial charge in [-0.05, 0) is 122 Å². The molecule has 0 aromatic heterocycles. The average Bonchev–Trinajstić information content (AvgIpc) is 2.71. The van der Waals surface area contributed by atoms with E-state index < -0.39 is 0 Å². The maximum absolute atomic E-state index is 4.19. The number of hydrogen-bond donors (Lipinski definition) is 1. The fraction of sp³-hybridized carbons (Fsp3) is 0.312. The molecule has 0 saturated heterocycles. The summed E-state index contributed by atoms with van der Waals surface area (Å²) in [5.74, 6) is 0. The highest BCUT2D eigenvalue weighted by Gasteiger charge is 2.34. The SMILES string of the molecule is Cc1cc(C)c([C@@H]2N[C@@H](c3c(C)cc(C)cc3C)c3c(C)ccc4ccc(C)c2c34)c(C)c1. The zero-order chi connectivity index (χ0) is 23.6. The van der Waals surface area contributed by atoms with Crippen molar-refractivity contribution in [2.75, 3.05) is 0 Å². The van der Waals surface area contributed by atoms with Crippen molar-refractivity contribution >= 4 is 10.8 Å². The molecule has 0 unspecified atom stereocenters. The number of benzene rings is 4. The first-order valence-electron chi connectivity index (χ1n) is 12.1. The Bertz CT molecular complexity index is 1270. The van der Waals surface area contributed by atoms with Gasteiger partial charge in [-0.2, -0.15) is 0 Å². The molecule has 0 amide bonds. The zero-order valence-electron chi connectivity index (χ0n) is 21.3. The summed E-state index contributed by atoms with van der Waals surface area (Å²) >= 11 is 0. The van der Waals surface area contributed by atoms with Crippen LogP contribution in [-0.2, 0) is 0 Å². The van der Waals surface area contributed by atoms with Gasteiger partial charge in [-0.3, -0.25) is 5.32 Å². The van der Waals surface area contributed by atoms with Crippen LogP contribution in [-0.4, -0.2) is 0 Å². The topological polar surface area (TPSA) is 12.0 Å². The van der Waals surface area contributed by atoms with E-state index in [0.717, 1.165) is 0 Å². The second kappa shape index (κ2) is 7.85. The van der Waals surface area contributed by atoms with Gasteiger partial charge >= 0.3 is 0 Å².